The average Bonchev–Trinajstić information content (AvgIpc) is 3.26. The van der Waals surface area contributed by atoms with Crippen LogP contribution in [-0.2, 0) is 10.0 Å². The molecule has 0 radical (unpaired) electrons. The lowest BCUT2D eigenvalue weighted by molar-refractivity contribution is 0.340. The van der Waals surface area contributed by atoms with Crippen molar-refractivity contribution in [2.45, 2.75) is 24.2 Å². The predicted octanol–water partition coefficient (Wildman–Crippen LogP) is 4.46. The van der Waals surface area contributed by atoms with E-state index in [2.05, 4.69) is 27.9 Å². The number of benzene rings is 2. The van der Waals surface area contributed by atoms with Gasteiger partial charge in [0.2, 0.25) is 0 Å². The van der Waals surface area contributed by atoms with Crippen LogP contribution in [0, 0.1) is 0 Å². The number of likely N-dealkylation sites (tertiary alicyclic amines) is 1. The summed E-state index contributed by atoms with van der Waals surface area (Å²) < 4.78 is 34.6. The molecule has 0 amide bonds. The molecule has 7 heteroatoms. The Morgan fingerprint density at radius 3 is 2.68 bits per heavy atom. The Labute approximate surface area is 174 Å². The molecule has 0 N–H and O–H groups in total. The number of aromatic nitrogens is 1. The second-order valence-corrected chi connectivity index (χ2v) is 9.81. The lowest BCUT2D eigenvalue weighted by Crippen LogP contribution is -2.14. The van der Waals surface area contributed by atoms with E-state index in [4.69, 9.17) is 4.74 Å². The summed E-state index contributed by atoms with van der Waals surface area (Å²) in [5.74, 6) is 1.07. The van der Waals surface area contributed by atoms with Gasteiger partial charge in [-0.3, -0.25) is 0 Å². The van der Waals surface area contributed by atoms with E-state index >= 15 is 0 Å². The predicted molar refractivity (Wildman–Crippen MR) is 115 cm³/mol. The van der Waals surface area contributed by atoms with Crippen molar-refractivity contribution in [3.05, 3.63) is 58.7 Å². The normalized spacial score (nSPS) is 18.0. The summed E-state index contributed by atoms with van der Waals surface area (Å²) in [7, 11) is -1.63. The van der Waals surface area contributed by atoms with Gasteiger partial charge in [0.1, 0.15) is 10.6 Å². The third kappa shape index (κ3) is 3.36. The molecule has 28 heavy (non-hydrogen) atoms. The van der Waals surface area contributed by atoms with Crippen LogP contribution in [0.1, 0.15) is 24.8 Å². The zero-order valence-corrected chi connectivity index (χ0v) is 18.3. The van der Waals surface area contributed by atoms with Gasteiger partial charge in [-0.15, -0.1) is 0 Å². The van der Waals surface area contributed by atoms with E-state index in [1.54, 1.807) is 24.4 Å². The summed E-state index contributed by atoms with van der Waals surface area (Å²) in [5, 5.41) is 0.946. The fourth-order valence-electron chi connectivity index (χ4n) is 3.93. The Kier molecular flexibility index (Phi) is 5.24. The van der Waals surface area contributed by atoms with Crippen molar-refractivity contribution in [2.75, 3.05) is 26.7 Å². The van der Waals surface area contributed by atoms with Crippen LogP contribution >= 0.6 is 15.9 Å². The van der Waals surface area contributed by atoms with E-state index in [0.29, 0.717) is 22.5 Å². The summed E-state index contributed by atoms with van der Waals surface area (Å²) in [6, 6.07) is 12.6. The molecule has 0 spiro atoms. The first-order valence-corrected chi connectivity index (χ1v) is 11.6. The van der Waals surface area contributed by atoms with E-state index in [-0.39, 0.29) is 4.90 Å². The summed E-state index contributed by atoms with van der Waals surface area (Å²) in [6.45, 7) is 4.45. The molecule has 2 aromatic carbocycles. The highest BCUT2D eigenvalue weighted by molar-refractivity contribution is 9.10. The van der Waals surface area contributed by atoms with Crippen molar-refractivity contribution in [3.8, 4) is 5.75 Å². The molecule has 0 unspecified atom stereocenters. The number of hydrogen-bond acceptors (Lipinski definition) is 4. The van der Waals surface area contributed by atoms with Gasteiger partial charge in [-0.25, -0.2) is 12.4 Å². The van der Waals surface area contributed by atoms with Crippen LogP contribution < -0.4 is 4.74 Å². The monoisotopic (exact) mass is 462 g/mol. The van der Waals surface area contributed by atoms with Gasteiger partial charge in [-0.05, 0) is 84.7 Å². The smallest absolute Gasteiger partial charge is 0.269 e. The van der Waals surface area contributed by atoms with Gasteiger partial charge in [0.15, 0.2) is 0 Å². The van der Waals surface area contributed by atoms with Gasteiger partial charge in [0.05, 0.1) is 12.1 Å². The number of rotatable bonds is 5. The van der Waals surface area contributed by atoms with Gasteiger partial charge >= 0.3 is 0 Å². The molecule has 148 valence electrons. The highest BCUT2D eigenvalue weighted by Gasteiger charge is 2.29. The molecule has 1 fully saturated rings. The molecule has 1 saturated heterocycles. The summed E-state index contributed by atoms with van der Waals surface area (Å²) in [5.41, 5.74) is 1.75. The third-order valence-corrected chi connectivity index (χ3v) is 7.97. The largest absolute Gasteiger partial charge is 0.494 e. The lowest BCUT2D eigenvalue weighted by atomic mass is 9.98. The number of ether oxygens (including phenoxy) is 1. The molecule has 5 nitrogen and oxygen atoms in total. The highest BCUT2D eigenvalue weighted by atomic mass is 79.9. The van der Waals surface area contributed by atoms with Crippen molar-refractivity contribution in [1.82, 2.24) is 8.87 Å². The molecule has 1 aromatic heterocycles. The molecule has 0 saturated carbocycles. The topological polar surface area (TPSA) is 51.5 Å². The Balaban J connectivity index is 1.93. The lowest BCUT2D eigenvalue weighted by Gasteiger charge is -2.10. The van der Waals surface area contributed by atoms with E-state index in [9.17, 15) is 8.42 Å². The van der Waals surface area contributed by atoms with Crippen LogP contribution in [0.5, 0.6) is 5.75 Å². The van der Waals surface area contributed by atoms with Crippen molar-refractivity contribution < 1.29 is 13.2 Å². The van der Waals surface area contributed by atoms with Crippen LogP contribution in [0.2, 0.25) is 0 Å². The molecular weight excluding hydrogens is 440 g/mol. The molecule has 0 bridgehead atoms. The van der Waals surface area contributed by atoms with Crippen molar-refractivity contribution in [1.29, 1.82) is 0 Å². The fraction of sp³-hybridized carbons (Fsp3) is 0.333. The standard InChI is InChI=1S/C21H23BrN2O3S/c1-3-27-16-8-9-20-17(12-16)18(15-10-11-23(2)13-15)14-24(20)28(25,26)21-7-5-4-6-19(21)22/h4-9,12,14-15H,3,10-11,13H2,1-2H3/t15-/m0/s1. The van der Waals surface area contributed by atoms with Crippen molar-refractivity contribution in [2.24, 2.45) is 0 Å². The molecular formula is C21H23BrN2O3S. The van der Waals surface area contributed by atoms with Crippen LogP contribution in [0.15, 0.2) is 58.0 Å². The number of hydrogen-bond donors (Lipinski definition) is 0. The maximum absolute atomic E-state index is 13.5. The highest BCUT2D eigenvalue weighted by Crippen LogP contribution is 2.37. The summed E-state index contributed by atoms with van der Waals surface area (Å²) in [6.07, 6.45) is 2.82. The zero-order valence-electron chi connectivity index (χ0n) is 15.9. The first kappa shape index (κ1) is 19.5. The van der Waals surface area contributed by atoms with E-state index in [1.807, 2.05) is 31.2 Å². The van der Waals surface area contributed by atoms with Crippen LogP contribution in [-0.4, -0.2) is 44.0 Å². The van der Waals surface area contributed by atoms with E-state index < -0.39 is 10.0 Å². The number of nitrogens with zero attached hydrogens (tertiary/aromatic N) is 2. The molecule has 0 aliphatic carbocycles. The molecule has 1 aliphatic rings. The Bertz CT molecular complexity index is 1120. The van der Waals surface area contributed by atoms with Crippen LogP contribution in [0.3, 0.4) is 0 Å². The van der Waals surface area contributed by atoms with E-state index in [1.165, 1.54) is 3.97 Å². The maximum atomic E-state index is 13.5. The third-order valence-electron chi connectivity index (χ3n) is 5.29. The number of halogens is 1. The number of fused-ring (bicyclic) bond motifs is 1. The van der Waals surface area contributed by atoms with Crippen LogP contribution in [0.4, 0.5) is 0 Å². The first-order valence-electron chi connectivity index (χ1n) is 9.38. The molecule has 4 rings (SSSR count). The molecule has 1 aliphatic heterocycles. The molecule has 3 aromatic rings. The van der Waals surface area contributed by atoms with Gasteiger partial charge in [-0.1, -0.05) is 12.1 Å². The summed E-state index contributed by atoms with van der Waals surface area (Å²) in [4.78, 5) is 2.54. The maximum Gasteiger partial charge on any atom is 0.269 e. The minimum absolute atomic E-state index is 0.260. The molecule has 2 heterocycles. The van der Waals surface area contributed by atoms with E-state index in [0.717, 1.165) is 36.2 Å². The SMILES string of the molecule is CCOc1ccc2c(c1)c([C@H]1CCN(C)C1)cn2S(=O)(=O)c1ccccc1Br. The number of likely N-dealkylation sites (N-methyl/N-ethyl adjacent to an activating group) is 1. The molecule has 1 atom stereocenters. The fourth-order valence-corrected chi connectivity index (χ4v) is 6.28. The Morgan fingerprint density at radius 2 is 2.00 bits per heavy atom. The minimum atomic E-state index is -3.73. The average molecular weight is 463 g/mol. The first-order chi connectivity index (χ1) is 13.4. The van der Waals surface area contributed by atoms with Crippen molar-refractivity contribution in [3.63, 3.8) is 0 Å². The second-order valence-electron chi connectivity index (χ2n) is 7.18. The van der Waals surface area contributed by atoms with Crippen molar-refractivity contribution >= 4 is 36.9 Å². The van der Waals surface area contributed by atoms with Gasteiger partial charge < -0.3 is 9.64 Å². The quantitative estimate of drug-likeness (QED) is 0.561. The van der Waals surface area contributed by atoms with Gasteiger partial charge in [0, 0.05) is 22.6 Å². The summed E-state index contributed by atoms with van der Waals surface area (Å²) >= 11 is 3.39. The minimum Gasteiger partial charge on any atom is -0.494 e. The second kappa shape index (κ2) is 7.54. The van der Waals surface area contributed by atoms with Gasteiger partial charge in [-0.2, -0.15) is 0 Å². The zero-order chi connectivity index (χ0) is 19.9. The van der Waals surface area contributed by atoms with Crippen LogP contribution in [0.25, 0.3) is 10.9 Å². The Hall–Kier alpha value is -1.83. The van der Waals surface area contributed by atoms with Gasteiger partial charge in [0.25, 0.3) is 10.0 Å². The Morgan fingerprint density at radius 1 is 1.21 bits per heavy atom.